The van der Waals surface area contributed by atoms with E-state index in [0.717, 1.165) is 23.5 Å². The molecule has 0 unspecified atom stereocenters. The molecule has 1 aromatic heterocycles. The molecular weight excluding hydrogens is 264 g/mol. The molecule has 0 aliphatic carbocycles. The van der Waals surface area contributed by atoms with Crippen LogP contribution in [0.5, 0.6) is 5.75 Å². The normalized spacial score (nSPS) is 10.7. The van der Waals surface area contributed by atoms with E-state index in [1.54, 1.807) is 7.11 Å². The van der Waals surface area contributed by atoms with Gasteiger partial charge in [0, 0.05) is 49.3 Å². The predicted molar refractivity (Wildman–Crippen MR) is 85.1 cm³/mol. The number of nitrogens with zero attached hydrogens (tertiary/aromatic N) is 3. The summed E-state index contributed by atoms with van der Waals surface area (Å²) in [5.74, 6) is 1.48. The first kappa shape index (κ1) is 15.3. The molecule has 0 saturated carbocycles. The summed E-state index contributed by atoms with van der Waals surface area (Å²) in [5, 5.41) is 3.35. The Morgan fingerprint density at radius 3 is 2.57 bits per heavy atom. The topological polar surface area (TPSA) is 50.3 Å². The maximum Gasteiger partial charge on any atom is 0.229 e. The molecule has 1 aromatic carbocycles. The molecule has 0 radical (unpaired) electrons. The molecule has 0 aliphatic rings. The van der Waals surface area contributed by atoms with Crippen LogP contribution in [0, 0.1) is 0 Å². The molecule has 0 amide bonds. The highest BCUT2D eigenvalue weighted by atomic mass is 16.5. The van der Waals surface area contributed by atoms with Crippen molar-refractivity contribution in [1.82, 2.24) is 15.3 Å². The van der Waals surface area contributed by atoms with Crippen molar-refractivity contribution in [2.45, 2.75) is 26.4 Å². The van der Waals surface area contributed by atoms with E-state index < -0.39 is 0 Å². The van der Waals surface area contributed by atoms with E-state index in [0.29, 0.717) is 12.0 Å². The molecule has 0 aliphatic heterocycles. The molecule has 5 heteroatoms. The lowest BCUT2D eigenvalue weighted by Gasteiger charge is -2.18. The van der Waals surface area contributed by atoms with Crippen LogP contribution >= 0.6 is 0 Å². The van der Waals surface area contributed by atoms with Crippen LogP contribution in [-0.4, -0.2) is 30.2 Å². The van der Waals surface area contributed by atoms with E-state index in [1.165, 1.54) is 0 Å². The molecule has 0 bridgehead atoms. The van der Waals surface area contributed by atoms with Gasteiger partial charge < -0.3 is 15.0 Å². The van der Waals surface area contributed by atoms with Crippen LogP contribution in [0.3, 0.4) is 0 Å². The molecule has 21 heavy (non-hydrogen) atoms. The van der Waals surface area contributed by atoms with Crippen LogP contribution in [0.4, 0.5) is 11.6 Å². The summed E-state index contributed by atoms with van der Waals surface area (Å²) in [6.45, 7) is 5.01. The van der Waals surface area contributed by atoms with Gasteiger partial charge in [-0.2, -0.15) is 0 Å². The highest BCUT2D eigenvalue weighted by Crippen LogP contribution is 2.24. The van der Waals surface area contributed by atoms with Crippen molar-refractivity contribution < 1.29 is 4.74 Å². The number of benzene rings is 1. The van der Waals surface area contributed by atoms with Gasteiger partial charge in [-0.05, 0) is 12.1 Å². The Morgan fingerprint density at radius 2 is 1.95 bits per heavy atom. The Balaban J connectivity index is 2.10. The molecule has 2 rings (SSSR count). The van der Waals surface area contributed by atoms with Crippen LogP contribution in [-0.2, 0) is 6.54 Å². The number of methoxy groups -OCH3 is 1. The second-order valence-corrected chi connectivity index (χ2v) is 5.19. The van der Waals surface area contributed by atoms with Gasteiger partial charge in [-0.25, -0.2) is 9.97 Å². The van der Waals surface area contributed by atoms with Crippen LogP contribution in [0.25, 0.3) is 0 Å². The summed E-state index contributed by atoms with van der Waals surface area (Å²) in [6.07, 6.45) is 3.71. The monoisotopic (exact) mass is 286 g/mol. The zero-order valence-corrected chi connectivity index (χ0v) is 13.0. The van der Waals surface area contributed by atoms with E-state index in [1.807, 2.05) is 48.6 Å². The maximum atomic E-state index is 5.24. The van der Waals surface area contributed by atoms with Gasteiger partial charge in [-0.1, -0.05) is 19.9 Å². The number of hydrogen-bond donors (Lipinski definition) is 1. The smallest absolute Gasteiger partial charge is 0.229 e. The summed E-state index contributed by atoms with van der Waals surface area (Å²) >= 11 is 0. The fourth-order valence-corrected chi connectivity index (χ4v) is 1.87. The molecule has 112 valence electrons. The highest BCUT2D eigenvalue weighted by molar-refractivity contribution is 5.58. The Morgan fingerprint density at radius 1 is 1.24 bits per heavy atom. The number of nitrogens with one attached hydrogen (secondary N) is 1. The minimum absolute atomic E-state index is 0.448. The lowest BCUT2D eigenvalue weighted by molar-refractivity contribution is 0.415. The van der Waals surface area contributed by atoms with Gasteiger partial charge in [0.05, 0.1) is 7.11 Å². The van der Waals surface area contributed by atoms with Crippen molar-refractivity contribution in [2.24, 2.45) is 0 Å². The molecule has 2 aromatic rings. The number of anilines is 2. The van der Waals surface area contributed by atoms with Crippen molar-refractivity contribution in [2.75, 3.05) is 19.1 Å². The van der Waals surface area contributed by atoms with Crippen LogP contribution < -0.4 is 15.0 Å². The minimum Gasteiger partial charge on any atom is -0.497 e. The maximum absolute atomic E-state index is 5.24. The first-order valence-corrected chi connectivity index (χ1v) is 7.02. The van der Waals surface area contributed by atoms with Crippen LogP contribution in [0.15, 0.2) is 36.7 Å². The number of aromatic nitrogens is 2. The standard InChI is InChI=1S/C16H22N4O/c1-12(2)17-9-13-10-18-16(19-11-13)20(3)14-6-5-7-15(8-14)21-4/h5-8,10-12,17H,9H2,1-4H3. The van der Waals surface area contributed by atoms with Gasteiger partial charge in [-0.3, -0.25) is 0 Å². The van der Waals surface area contributed by atoms with Gasteiger partial charge in [-0.15, -0.1) is 0 Å². The first-order chi connectivity index (χ1) is 10.1. The van der Waals surface area contributed by atoms with Crippen LogP contribution in [0.2, 0.25) is 0 Å². The van der Waals surface area contributed by atoms with Crippen LogP contribution in [0.1, 0.15) is 19.4 Å². The van der Waals surface area contributed by atoms with Crippen molar-refractivity contribution in [3.8, 4) is 5.75 Å². The minimum atomic E-state index is 0.448. The van der Waals surface area contributed by atoms with Gasteiger partial charge in [0.1, 0.15) is 5.75 Å². The fraction of sp³-hybridized carbons (Fsp3) is 0.375. The van der Waals surface area contributed by atoms with E-state index in [-0.39, 0.29) is 0 Å². The van der Waals surface area contributed by atoms with E-state index in [9.17, 15) is 0 Å². The third-order valence-corrected chi connectivity index (χ3v) is 3.15. The number of rotatable bonds is 6. The Kier molecular flexibility index (Phi) is 5.11. The summed E-state index contributed by atoms with van der Waals surface area (Å²) < 4.78 is 5.24. The molecule has 0 fully saturated rings. The van der Waals surface area contributed by atoms with Crippen molar-refractivity contribution in [3.05, 3.63) is 42.2 Å². The first-order valence-electron chi connectivity index (χ1n) is 7.02. The second-order valence-electron chi connectivity index (χ2n) is 5.19. The van der Waals surface area contributed by atoms with E-state index in [4.69, 9.17) is 4.74 Å². The highest BCUT2D eigenvalue weighted by Gasteiger charge is 2.08. The zero-order valence-electron chi connectivity index (χ0n) is 13.0. The molecule has 0 atom stereocenters. The van der Waals surface area contributed by atoms with Crippen molar-refractivity contribution >= 4 is 11.6 Å². The second kappa shape index (κ2) is 7.04. The van der Waals surface area contributed by atoms with Crippen molar-refractivity contribution in [1.29, 1.82) is 0 Å². The third kappa shape index (κ3) is 4.16. The van der Waals surface area contributed by atoms with Gasteiger partial charge >= 0.3 is 0 Å². The van der Waals surface area contributed by atoms with E-state index >= 15 is 0 Å². The number of ether oxygens (including phenoxy) is 1. The summed E-state index contributed by atoms with van der Waals surface area (Å²) in [7, 11) is 3.60. The lowest BCUT2D eigenvalue weighted by atomic mass is 10.3. The van der Waals surface area contributed by atoms with Gasteiger partial charge in [0.15, 0.2) is 0 Å². The lowest BCUT2D eigenvalue weighted by Crippen LogP contribution is -2.22. The molecule has 5 nitrogen and oxygen atoms in total. The molecule has 1 N–H and O–H groups in total. The van der Waals surface area contributed by atoms with E-state index in [2.05, 4.69) is 29.1 Å². The fourth-order valence-electron chi connectivity index (χ4n) is 1.87. The Bertz CT molecular complexity index is 569. The van der Waals surface area contributed by atoms with Gasteiger partial charge in [0.2, 0.25) is 5.95 Å². The van der Waals surface area contributed by atoms with Crippen molar-refractivity contribution in [3.63, 3.8) is 0 Å². The predicted octanol–water partition coefficient (Wildman–Crippen LogP) is 2.75. The average molecular weight is 286 g/mol. The molecule has 1 heterocycles. The quantitative estimate of drug-likeness (QED) is 0.885. The summed E-state index contributed by atoms with van der Waals surface area (Å²) in [5.41, 5.74) is 2.06. The zero-order chi connectivity index (χ0) is 15.2. The van der Waals surface area contributed by atoms with Gasteiger partial charge in [0.25, 0.3) is 0 Å². The largest absolute Gasteiger partial charge is 0.497 e. The SMILES string of the molecule is COc1cccc(N(C)c2ncc(CNC(C)C)cn2)c1. The molecule has 0 spiro atoms. The Hall–Kier alpha value is -2.14. The third-order valence-electron chi connectivity index (χ3n) is 3.15. The Labute approximate surface area is 126 Å². The average Bonchev–Trinajstić information content (AvgIpc) is 2.52. The summed E-state index contributed by atoms with van der Waals surface area (Å²) in [4.78, 5) is 10.8. The molecular formula is C16H22N4O. The molecule has 0 saturated heterocycles. The summed E-state index contributed by atoms with van der Waals surface area (Å²) in [6, 6.07) is 8.27. The number of hydrogen-bond acceptors (Lipinski definition) is 5.